The highest BCUT2D eigenvalue weighted by atomic mass is 16.5. The zero-order valence-corrected chi connectivity index (χ0v) is 18.3. The van der Waals surface area contributed by atoms with Crippen molar-refractivity contribution >= 4 is 16.9 Å². The topological polar surface area (TPSA) is 50.6 Å². The van der Waals surface area contributed by atoms with Crippen molar-refractivity contribution in [2.45, 2.75) is 44.3 Å². The summed E-state index contributed by atoms with van der Waals surface area (Å²) in [4.78, 5) is 22.0. The van der Waals surface area contributed by atoms with Gasteiger partial charge in [0.1, 0.15) is 5.75 Å². The Hall–Kier alpha value is -2.86. The van der Waals surface area contributed by atoms with Crippen molar-refractivity contribution < 1.29 is 9.53 Å². The first-order chi connectivity index (χ1) is 15.1. The molecule has 0 N–H and O–H groups in total. The number of aromatic nitrogens is 2. The van der Waals surface area contributed by atoms with Gasteiger partial charge in [0, 0.05) is 50.4 Å². The van der Waals surface area contributed by atoms with Crippen LogP contribution in [0.5, 0.6) is 5.75 Å². The number of carbonyl (C=O) groups is 1. The van der Waals surface area contributed by atoms with Gasteiger partial charge in [-0.2, -0.15) is 0 Å². The predicted octanol–water partition coefficient (Wildman–Crippen LogP) is 3.79. The summed E-state index contributed by atoms with van der Waals surface area (Å²) in [6.45, 7) is 2.85. The first-order valence-corrected chi connectivity index (χ1v) is 11.2. The molecule has 3 aromatic rings. The Kier molecular flexibility index (Phi) is 5.40. The van der Waals surface area contributed by atoms with Crippen LogP contribution in [0.15, 0.2) is 48.8 Å². The molecule has 2 aliphatic rings. The highest BCUT2D eigenvalue weighted by Gasteiger charge is 2.34. The van der Waals surface area contributed by atoms with Gasteiger partial charge in [0.05, 0.1) is 24.5 Å². The number of fused-ring (bicyclic) bond motifs is 1. The molecule has 5 rings (SSSR count). The van der Waals surface area contributed by atoms with Crippen LogP contribution in [-0.2, 0) is 6.54 Å². The molecule has 0 bridgehead atoms. The number of imidazole rings is 1. The summed E-state index contributed by atoms with van der Waals surface area (Å²) in [5.74, 6) is 0.926. The summed E-state index contributed by atoms with van der Waals surface area (Å²) in [6.07, 6.45) is 6.94. The molecule has 1 amide bonds. The largest absolute Gasteiger partial charge is 0.497 e. The molecule has 2 heterocycles. The van der Waals surface area contributed by atoms with E-state index in [0.717, 1.165) is 53.5 Å². The first-order valence-electron chi connectivity index (χ1n) is 11.2. The number of amides is 1. The Morgan fingerprint density at radius 1 is 1.16 bits per heavy atom. The Bertz CT molecular complexity index is 1070. The Morgan fingerprint density at radius 2 is 1.97 bits per heavy atom. The molecular formula is C25H30N4O2. The summed E-state index contributed by atoms with van der Waals surface area (Å²) < 4.78 is 7.40. The second-order valence-corrected chi connectivity index (χ2v) is 8.86. The van der Waals surface area contributed by atoms with Crippen LogP contribution < -0.4 is 4.74 Å². The van der Waals surface area contributed by atoms with Gasteiger partial charge in [-0.1, -0.05) is 18.6 Å². The average Bonchev–Trinajstić information content (AvgIpc) is 3.39. The summed E-state index contributed by atoms with van der Waals surface area (Å²) in [6, 6.07) is 15.0. The summed E-state index contributed by atoms with van der Waals surface area (Å²) in [7, 11) is 3.62. The predicted molar refractivity (Wildman–Crippen MR) is 122 cm³/mol. The number of nitrogens with zero attached hydrogens (tertiary/aromatic N) is 4. The fourth-order valence-corrected chi connectivity index (χ4v) is 4.78. The van der Waals surface area contributed by atoms with E-state index in [1.165, 1.54) is 19.3 Å². The molecule has 31 heavy (non-hydrogen) atoms. The van der Waals surface area contributed by atoms with Gasteiger partial charge in [-0.25, -0.2) is 4.98 Å². The molecule has 0 spiro atoms. The number of rotatable bonds is 6. The molecule has 1 aliphatic heterocycles. The molecule has 1 saturated carbocycles. The molecule has 2 aromatic carbocycles. The van der Waals surface area contributed by atoms with E-state index in [4.69, 9.17) is 4.74 Å². The lowest BCUT2D eigenvalue weighted by molar-refractivity contribution is 0.0720. The Balaban J connectivity index is 1.24. The lowest BCUT2D eigenvalue weighted by Crippen LogP contribution is -2.43. The van der Waals surface area contributed by atoms with E-state index < -0.39 is 0 Å². The van der Waals surface area contributed by atoms with Crippen molar-refractivity contribution in [3.05, 3.63) is 59.9 Å². The standard InChI is InChI=1S/C25H30N4O2/c1-27(21-12-13-28(16-21)20-4-3-5-20)25(30)19-8-6-18(7-9-19)15-29-17-26-23-14-22(31-2)10-11-24(23)29/h6-11,14,17,20-21H,3-5,12-13,15-16H2,1-2H3. The molecule has 1 aliphatic carbocycles. The third-order valence-corrected chi connectivity index (χ3v) is 7.04. The van der Waals surface area contributed by atoms with Gasteiger partial charge in [0.25, 0.3) is 5.91 Å². The minimum Gasteiger partial charge on any atom is -0.497 e. The molecule has 162 valence electrons. The van der Waals surface area contributed by atoms with Crippen LogP contribution >= 0.6 is 0 Å². The fraction of sp³-hybridized carbons (Fsp3) is 0.440. The maximum atomic E-state index is 13.0. The van der Waals surface area contributed by atoms with Crippen molar-refractivity contribution in [1.29, 1.82) is 0 Å². The summed E-state index contributed by atoms with van der Waals surface area (Å²) in [5, 5.41) is 0. The Labute approximate surface area is 183 Å². The van der Waals surface area contributed by atoms with Gasteiger partial charge in [0.2, 0.25) is 0 Å². The molecule has 6 heteroatoms. The van der Waals surface area contributed by atoms with E-state index in [9.17, 15) is 4.79 Å². The van der Waals surface area contributed by atoms with Gasteiger partial charge in [0.15, 0.2) is 0 Å². The van der Waals surface area contributed by atoms with E-state index in [2.05, 4.69) is 14.5 Å². The van der Waals surface area contributed by atoms with Crippen molar-refractivity contribution in [1.82, 2.24) is 19.4 Å². The second kappa shape index (κ2) is 8.35. The zero-order chi connectivity index (χ0) is 21.4. The fourth-order valence-electron chi connectivity index (χ4n) is 4.78. The molecule has 1 aromatic heterocycles. The van der Waals surface area contributed by atoms with Crippen LogP contribution in [0.3, 0.4) is 0 Å². The molecule has 0 radical (unpaired) electrons. The van der Waals surface area contributed by atoms with Crippen LogP contribution in [0.4, 0.5) is 0 Å². The molecule has 2 fully saturated rings. The number of methoxy groups -OCH3 is 1. The maximum Gasteiger partial charge on any atom is 0.253 e. The van der Waals surface area contributed by atoms with E-state index in [-0.39, 0.29) is 5.91 Å². The Morgan fingerprint density at radius 3 is 2.68 bits per heavy atom. The van der Waals surface area contributed by atoms with Gasteiger partial charge in [-0.15, -0.1) is 0 Å². The van der Waals surface area contributed by atoms with Gasteiger partial charge in [-0.05, 0) is 49.1 Å². The van der Waals surface area contributed by atoms with Gasteiger partial charge < -0.3 is 14.2 Å². The van der Waals surface area contributed by atoms with Crippen LogP contribution in [0.1, 0.15) is 41.6 Å². The SMILES string of the molecule is COc1ccc2c(c1)ncn2Cc1ccc(C(=O)N(C)C2CCN(C3CCC3)C2)cc1. The summed E-state index contributed by atoms with van der Waals surface area (Å²) in [5.41, 5.74) is 3.89. The van der Waals surface area contributed by atoms with E-state index in [1.54, 1.807) is 7.11 Å². The lowest BCUT2D eigenvalue weighted by atomic mass is 9.92. The van der Waals surface area contributed by atoms with E-state index >= 15 is 0 Å². The summed E-state index contributed by atoms with van der Waals surface area (Å²) >= 11 is 0. The van der Waals surface area contributed by atoms with Gasteiger partial charge in [-0.3, -0.25) is 9.69 Å². The van der Waals surface area contributed by atoms with E-state index in [1.807, 2.05) is 60.7 Å². The average molecular weight is 419 g/mol. The molecule has 1 atom stereocenters. The number of likely N-dealkylation sites (tertiary alicyclic amines) is 1. The second-order valence-electron chi connectivity index (χ2n) is 8.86. The molecule has 1 unspecified atom stereocenters. The lowest BCUT2D eigenvalue weighted by Gasteiger charge is -2.35. The van der Waals surface area contributed by atoms with Gasteiger partial charge >= 0.3 is 0 Å². The van der Waals surface area contributed by atoms with Crippen molar-refractivity contribution in [3.63, 3.8) is 0 Å². The van der Waals surface area contributed by atoms with Crippen molar-refractivity contribution in [3.8, 4) is 5.75 Å². The number of hydrogen-bond acceptors (Lipinski definition) is 4. The minimum absolute atomic E-state index is 0.118. The third kappa shape index (κ3) is 3.92. The third-order valence-electron chi connectivity index (χ3n) is 7.04. The smallest absolute Gasteiger partial charge is 0.253 e. The van der Waals surface area contributed by atoms with Crippen LogP contribution in [0.2, 0.25) is 0 Å². The molecule has 1 saturated heterocycles. The number of likely N-dealkylation sites (N-methyl/N-ethyl adjacent to an activating group) is 1. The normalized spacial score (nSPS) is 19.5. The highest BCUT2D eigenvalue weighted by Crippen LogP contribution is 2.29. The van der Waals surface area contributed by atoms with Crippen molar-refractivity contribution in [2.75, 3.05) is 27.2 Å². The first kappa shape index (κ1) is 20.1. The van der Waals surface area contributed by atoms with Crippen LogP contribution in [0, 0.1) is 0 Å². The monoisotopic (exact) mass is 418 g/mol. The highest BCUT2D eigenvalue weighted by molar-refractivity contribution is 5.94. The number of ether oxygens (including phenoxy) is 1. The zero-order valence-electron chi connectivity index (χ0n) is 18.3. The molecular weight excluding hydrogens is 388 g/mol. The van der Waals surface area contributed by atoms with Crippen LogP contribution in [-0.4, -0.2) is 64.6 Å². The minimum atomic E-state index is 0.118. The number of benzene rings is 2. The number of carbonyl (C=O) groups excluding carboxylic acids is 1. The maximum absolute atomic E-state index is 13.0. The van der Waals surface area contributed by atoms with Crippen LogP contribution in [0.25, 0.3) is 11.0 Å². The quantitative estimate of drug-likeness (QED) is 0.611. The van der Waals surface area contributed by atoms with Crippen molar-refractivity contribution in [2.24, 2.45) is 0 Å². The van der Waals surface area contributed by atoms with E-state index in [0.29, 0.717) is 12.6 Å². The number of hydrogen-bond donors (Lipinski definition) is 0. The molecule has 6 nitrogen and oxygen atoms in total.